The molecule has 134 valence electrons. The number of imidazole rings is 1. The van der Waals surface area contributed by atoms with Crippen LogP contribution in [0.5, 0.6) is 5.75 Å². The SMILES string of the molecule is CC(C)(C)NCC(O)COc1ccc(C(C)(C)C)c2[nH]c(=S)[nH]c12. The maximum absolute atomic E-state index is 10.1. The average Bonchev–Trinajstić information content (AvgIpc) is 2.81. The van der Waals surface area contributed by atoms with E-state index < -0.39 is 6.10 Å². The number of aliphatic hydroxyl groups is 1. The Morgan fingerprint density at radius 3 is 2.33 bits per heavy atom. The maximum Gasteiger partial charge on any atom is 0.175 e. The Labute approximate surface area is 148 Å². The first-order chi connectivity index (χ1) is 11.0. The van der Waals surface area contributed by atoms with Crippen LogP contribution in [0.1, 0.15) is 47.1 Å². The molecule has 2 rings (SSSR count). The summed E-state index contributed by atoms with van der Waals surface area (Å²) in [5, 5.41) is 13.4. The number of aromatic nitrogens is 2. The summed E-state index contributed by atoms with van der Waals surface area (Å²) in [5.74, 6) is 0.695. The van der Waals surface area contributed by atoms with Crippen LogP contribution in [-0.2, 0) is 5.41 Å². The third-order valence-corrected chi connectivity index (χ3v) is 3.96. The second-order valence-electron chi connectivity index (χ2n) is 8.29. The van der Waals surface area contributed by atoms with Gasteiger partial charge in [0.2, 0.25) is 0 Å². The molecule has 1 heterocycles. The smallest absolute Gasteiger partial charge is 0.175 e. The van der Waals surface area contributed by atoms with Crippen molar-refractivity contribution in [3.05, 3.63) is 22.5 Å². The molecule has 1 atom stereocenters. The first-order valence-electron chi connectivity index (χ1n) is 8.29. The Bertz CT molecular complexity index is 750. The van der Waals surface area contributed by atoms with Crippen LogP contribution in [0.25, 0.3) is 11.0 Å². The second-order valence-corrected chi connectivity index (χ2v) is 8.69. The van der Waals surface area contributed by atoms with Gasteiger partial charge in [0.25, 0.3) is 0 Å². The molecule has 1 aromatic heterocycles. The van der Waals surface area contributed by atoms with E-state index in [9.17, 15) is 5.11 Å². The summed E-state index contributed by atoms with van der Waals surface area (Å²) < 4.78 is 6.41. The number of nitrogens with one attached hydrogen (secondary N) is 3. The number of aliphatic hydroxyl groups excluding tert-OH is 1. The predicted molar refractivity (Wildman–Crippen MR) is 101 cm³/mol. The van der Waals surface area contributed by atoms with Crippen LogP contribution in [0.4, 0.5) is 0 Å². The van der Waals surface area contributed by atoms with Gasteiger partial charge in [0.15, 0.2) is 4.77 Å². The number of hydrogen-bond acceptors (Lipinski definition) is 4. The molecule has 2 aromatic rings. The van der Waals surface area contributed by atoms with Crippen molar-refractivity contribution >= 4 is 23.3 Å². The Hall–Kier alpha value is -1.37. The van der Waals surface area contributed by atoms with Crippen molar-refractivity contribution in [3.8, 4) is 5.75 Å². The molecule has 0 amide bonds. The van der Waals surface area contributed by atoms with Gasteiger partial charge >= 0.3 is 0 Å². The molecule has 6 heteroatoms. The Kier molecular flexibility index (Phi) is 5.42. The topological polar surface area (TPSA) is 73.1 Å². The standard InChI is InChI=1S/C18H29N3O2S/c1-17(2,3)12-7-8-13(15-14(12)20-16(24)21-15)23-10-11(22)9-19-18(4,5)6/h7-8,11,19,22H,9-10H2,1-6H3,(H2,20,21,24). The molecule has 0 aliphatic heterocycles. The lowest BCUT2D eigenvalue weighted by Gasteiger charge is -2.23. The highest BCUT2D eigenvalue weighted by molar-refractivity contribution is 7.71. The highest BCUT2D eigenvalue weighted by atomic mass is 32.1. The van der Waals surface area contributed by atoms with E-state index in [2.05, 4.69) is 62.9 Å². The van der Waals surface area contributed by atoms with E-state index in [1.54, 1.807) is 0 Å². The van der Waals surface area contributed by atoms with E-state index in [1.807, 2.05) is 6.07 Å². The fraction of sp³-hybridized carbons (Fsp3) is 0.611. The fourth-order valence-corrected chi connectivity index (χ4v) is 2.71. The first kappa shape index (κ1) is 19.0. The predicted octanol–water partition coefficient (Wildman–Crippen LogP) is 3.65. The summed E-state index contributed by atoms with van der Waals surface area (Å²) in [7, 11) is 0. The van der Waals surface area contributed by atoms with Crippen molar-refractivity contribution < 1.29 is 9.84 Å². The highest BCUT2D eigenvalue weighted by Crippen LogP contribution is 2.33. The third-order valence-electron chi connectivity index (χ3n) is 3.75. The Morgan fingerprint density at radius 2 is 1.75 bits per heavy atom. The second kappa shape index (κ2) is 6.86. The van der Waals surface area contributed by atoms with Crippen LogP contribution in [0.2, 0.25) is 0 Å². The number of β-amino-alcohol motifs (C(OH)–C–C–N with tert-alkyl or cyclic N) is 1. The van der Waals surface area contributed by atoms with Crippen LogP contribution in [0.15, 0.2) is 12.1 Å². The summed E-state index contributed by atoms with van der Waals surface area (Å²) in [6.07, 6.45) is -0.580. The van der Waals surface area contributed by atoms with Gasteiger partial charge in [-0.3, -0.25) is 0 Å². The molecular weight excluding hydrogens is 322 g/mol. The number of H-pyrrole nitrogens is 2. The van der Waals surface area contributed by atoms with Gasteiger partial charge in [-0.15, -0.1) is 0 Å². The molecule has 4 N–H and O–H groups in total. The number of hydrogen-bond donors (Lipinski definition) is 4. The van der Waals surface area contributed by atoms with E-state index in [-0.39, 0.29) is 17.6 Å². The largest absolute Gasteiger partial charge is 0.489 e. The summed E-state index contributed by atoms with van der Waals surface area (Å²) in [5.41, 5.74) is 2.95. The zero-order valence-corrected chi connectivity index (χ0v) is 16.2. The van der Waals surface area contributed by atoms with Gasteiger partial charge in [-0.25, -0.2) is 0 Å². The van der Waals surface area contributed by atoms with Gasteiger partial charge in [-0.2, -0.15) is 0 Å². The maximum atomic E-state index is 10.1. The van der Waals surface area contributed by atoms with Gasteiger partial charge in [-0.1, -0.05) is 26.8 Å². The lowest BCUT2D eigenvalue weighted by Crippen LogP contribution is -2.42. The minimum Gasteiger partial charge on any atom is -0.489 e. The van der Waals surface area contributed by atoms with Crippen LogP contribution in [0, 0.1) is 4.77 Å². The van der Waals surface area contributed by atoms with E-state index in [1.165, 1.54) is 5.56 Å². The van der Waals surface area contributed by atoms with Crippen molar-refractivity contribution in [2.24, 2.45) is 0 Å². The van der Waals surface area contributed by atoms with Gasteiger partial charge in [-0.05, 0) is 50.0 Å². The van der Waals surface area contributed by atoms with Crippen molar-refractivity contribution in [2.75, 3.05) is 13.2 Å². The quantitative estimate of drug-likeness (QED) is 0.621. The molecule has 0 aliphatic rings. The molecule has 0 bridgehead atoms. The molecule has 1 aromatic carbocycles. The monoisotopic (exact) mass is 351 g/mol. The average molecular weight is 352 g/mol. The third kappa shape index (κ3) is 4.82. The molecule has 0 fully saturated rings. The Morgan fingerprint density at radius 1 is 1.12 bits per heavy atom. The van der Waals surface area contributed by atoms with E-state index in [4.69, 9.17) is 17.0 Å². The number of ether oxygens (including phenoxy) is 1. The molecule has 0 saturated carbocycles. The van der Waals surface area contributed by atoms with Gasteiger partial charge in [0, 0.05) is 12.1 Å². The van der Waals surface area contributed by atoms with Crippen LogP contribution in [-0.4, -0.2) is 39.9 Å². The summed E-state index contributed by atoms with van der Waals surface area (Å²) in [4.78, 5) is 6.37. The summed E-state index contributed by atoms with van der Waals surface area (Å²) >= 11 is 5.25. The number of benzene rings is 1. The van der Waals surface area contributed by atoms with Crippen molar-refractivity contribution in [1.29, 1.82) is 0 Å². The van der Waals surface area contributed by atoms with Crippen LogP contribution in [0.3, 0.4) is 0 Å². The van der Waals surface area contributed by atoms with Crippen LogP contribution >= 0.6 is 12.2 Å². The molecular formula is C18H29N3O2S. The van der Waals surface area contributed by atoms with Crippen molar-refractivity contribution in [3.63, 3.8) is 0 Å². The first-order valence-corrected chi connectivity index (χ1v) is 8.69. The zero-order valence-electron chi connectivity index (χ0n) is 15.4. The number of aromatic amines is 2. The molecule has 24 heavy (non-hydrogen) atoms. The van der Waals surface area contributed by atoms with Gasteiger partial charge < -0.3 is 25.1 Å². The highest BCUT2D eigenvalue weighted by Gasteiger charge is 2.20. The minimum atomic E-state index is -0.580. The molecule has 5 nitrogen and oxygen atoms in total. The molecule has 1 unspecified atom stereocenters. The summed E-state index contributed by atoms with van der Waals surface area (Å²) in [6, 6.07) is 3.99. The fourth-order valence-electron chi connectivity index (χ4n) is 2.51. The van der Waals surface area contributed by atoms with Gasteiger partial charge in [0.05, 0.1) is 5.52 Å². The molecule has 0 radical (unpaired) electrons. The minimum absolute atomic E-state index is 0.00656. The van der Waals surface area contributed by atoms with Gasteiger partial charge in [0.1, 0.15) is 24.0 Å². The van der Waals surface area contributed by atoms with Crippen LogP contribution < -0.4 is 10.1 Å². The lowest BCUT2D eigenvalue weighted by atomic mass is 9.86. The molecule has 0 saturated heterocycles. The normalized spacial score (nSPS) is 14.1. The summed E-state index contributed by atoms with van der Waals surface area (Å²) in [6.45, 7) is 13.4. The molecule has 0 spiro atoms. The molecule has 0 aliphatic carbocycles. The number of rotatable bonds is 5. The number of fused-ring (bicyclic) bond motifs is 1. The zero-order chi connectivity index (χ0) is 18.1. The van der Waals surface area contributed by atoms with E-state index in [0.717, 1.165) is 11.0 Å². The Balaban J connectivity index is 2.17. The van der Waals surface area contributed by atoms with Crippen molar-refractivity contribution in [2.45, 2.75) is 58.6 Å². The lowest BCUT2D eigenvalue weighted by molar-refractivity contribution is 0.101. The van der Waals surface area contributed by atoms with Crippen molar-refractivity contribution in [1.82, 2.24) is 15.3 Å². The van der Waals surface area contributed by atoms with E-state index >= 15 is 0 Å². The van der Waals surface area contributed by atoms with E-state index in [0.29, 0.717) is 17.1 Å².